The van der Waals surface area contributed by atoms with E-state index in [-0.39, 0.29) is 17.9 Å². The maximum Gasteiger partial charge on any atom is 0.317 e. The minimum Gasteiger partial charge on any atom is -0.338 e. The molecule has 0 spiro atoms. The minimum absolute atomic E-state index is 0.0357. The number of amides is 3. The monoisotopic (exact) mass is 407 g/mol. The van der Waals surface area contributed by atoms with E-state index >= 15 is 0 Å². The van der Waals surface area contributed by atoms with Crippen LogP contribution in [0, 0.1) is 5.92 Å². The summed E-state index contributed by atoms with van der Waals surface area (Å²) in [5, 5.41) is 9.44. The van der Waals surface area contributed by atoms with Gasteiger partial charge in [0.25, 0.3) is 0 Å². The molecule has 150 valence electrons. The summed E-state index contributed by atoms with van der Waals surface area (Å²) in [7, 11) is 0. The highest BCUT2D eigenvalue weighted by atomic mass is 32.1. The number of hydrogen-bond donors (Lipinski definition) is 2. The van der Waals surface area contributed by atoms with Gasteiger partial charge in [0.2, 0.25) is 5.91 Å². The van der Waals surface area contributed by atoms with Crippen molar-refractivity contribution in [1.82, 2.24) is 10.2 Å². The van der Waals surface area contributed by atoms with E-state index in [0.29, 0.717) is 32.5 Å². The summed E-state index contributed by atoms with van der Waals surface area (Å²) in [6.45, 7) is 1.84. The van der Waals surface area contributed by atoms with Crippen LogP contribution in [-0.4, -0.2) is 36.5 Å². The maximum absolute atomic E-state index is 12.5. The number of benzene rings is 2. The van der Waals surface area contributed by atoms with Crippen molar-refractivity contribution in [1.29, 1.82) is 0 Å². The highest BCUT2D eigenvalue weighted by Crippen LogP contribution is 2.25. The predicted octanol–water partition coefficient (Wildman–Crippen LogP) is 4.50. The first-order valence-corrected chi connectivity index (χ1v) is 10.9. The van der Waals surface area contributed by atoms with Crippen molar-refractivity contribution < 1.29 is 9.59 Å². The Morgan fingerprint density at radius 1 is 1.00 bits per heavy atom. The normalized spacial score (nSPS) is 14.7. The number of para-hydroxylation sites is 1. The number of nitrogens with one attached hydrogen (secondary N) is 2. The molecular formula is C23H25N3O2S. The van der Waals surface area contributed by atoms with Gasteiger partial charge in [0.15, 0.2) is 0 Å². The van der Waals surface area contributed by atoms with Crippen molar-refractivity contribution in [2.75, 3.05) is 25.0 Å². The van der Waals surface area contributed by atoms with E-state index in [1.54, 1.807) is 11.3 Å². The summed E-state index contributed by atoms with van der Waals surface area (Å²) in [5.41, 5.74) is 2.10. The number of thiophene rings is 1. The molecule has 3 aromatic rings. The van der Waals surface area contributed by atoms with Crippen molar-refractivity contribution in [2.45, 2.75) is 19.3 Å². The molecule has 4 rings (SSSR count). The fourth-order valence-electron chi connectivity index (χ4n) is 3.75. The van der Waals surface area contributed by atoms with Gasteiger partial charge in [-0.15, -0.1) is 11.3 Å². The molecule has 3 amide bonds. The molecule has 1 fully saturated rings. The van der Waals surface area contributed by atoms with Crippen molar-refractivity contribution >= 4 is 39.0 Å². The van der Waals surface area contributed by atoms with Crippen LogP contribution in [0.4, 0.5) is 10.5 Å². The van der Waals surface area contributed by atoms with Gasteiger partial charge in [-0.3, -0.25) is 4.79 Å². The van der Waals surface area contributed by atoms with Crippen LogP contribution in [0.15, 0.2) is 60.0 Å². The predicted molar refractivity (Wildman–Crippen MR) is 118 cm³/mol. The number of nitrogens with zero attached hydrogens (tertiary/aromatic N) is 1. The highest BCUT2D eigenvalue weighted by molar-refractivity contribution is 7.17. The molecular weight excluding hydrogens is 382 g/mol. The molecule has 0 saturated carbocycles. The van der Waals surface area contributed by atoms with E-state index in [4.69, 9.17) is 0 Å². The van der Waals surface area contributed by atoms with Gasteiger partial charge in [-0.2, -0.15) is 0 Å². The Kier molecular flexibility index (Phi) is 6.10. The Morgan fingerprint density at radius 3 is 2.52 bits per heavy atom. The molecule has 6 heteroatoms. The molecule has 0 bridgehead atoms. The van der Waals surface area contributed by atoms with Crippen LogP contribution in [-0.2, 0) is 11.2 Å². The van der Waals surface area contributed by atoms with E-state index in [2.05, 4.69) is 34.2 Å². The number of piperidine rings is 1. The summed E-state index contributed by atoms with van der Waals surface area (Å²) in [6, 6.07) is 17.8. The zero-order chi connectivity index (χ0) is 20.1. The van der Waals surface area contributed by atoms with Gasteiger partial charge in [0.05, 0.1) is 0 Å². The van der Waals surface area contributed by atoms with Crippen LogP contribution in [0.1, 0.15) is 18.4 Å². The van der Waals surface area contributed by atoms with Crippen molar-refractivity contribution in [3.05, 3.63) is 65.5 Å². The molecule has 2 heterocycles. The van der Waals surface area contributed by atoms with Gasteiger partial charge in [-0.1, -0.05) is 36.4 Å². The van der Waals surface area contributed by atoms with Gasteiger partial charge in [0.1, 0.15) is 0 Å². The lowest BCUT2D eigenvalue weighted by Crippen LogP contribution is -2.46. The lowest BCUT2D eigenvalue weighted by molar-refractivity contribution is -0.121. The first-order chi connectivity index (χ1) is 14.2. The number of likely N-dealkylation sites (tertiary alicyclic amines) is 1. The largest absolute Gasteiger partial charge is 0.338 e. The molecule has 2 aromatic carbocycles. The fraction of sp³-hybridized carbons (Fsp3) is 0.304. The SMILES string of the molecule is O=C(Nc1ccccc1)C1CCN(C(=O)NCCc2csc3ccccc23)CC1. The summed E-state index contributed by atoms with van der Waals surface area (Å²) in [5.74, 6) is -0.00276. The van der Waals surface area contributed by atoms with Crippen LogP contribution in [0.25, 0.3) is 10.1 Å². The Balaban J connectivity index is 1.21. The Hall–Kier alpha value is -2.86. The average molecular weight is 408 g/mol. The van der Waals surface area contributed by atoms with Crippen molar-refractivity contribution in [3.63, 3.8) is 0 Å². The van der Waals surface area contributed by atoms with Crippen LogP contribution in [0.2, 0.25) is 0 Å². The van der Waals surface area contributed by atoms with Crippen LogP contribution < -0.4 is 10.6 Å². The van der Waals surface area contributed by atoms with Crippen molar-refractivity contribution in [2.24, 2.45) is 5.92 Å². The van der Waals surface area contributed by atoms with Gasteiger partial charge < -0.3 is 15.5 Å². The topological polar surface area (TPSA) is 61.4 Å². The molecule has 1 aromatic heterocycles. The number of fused-ring (bicyclic) bond motifs is 1. The third-order valence-electron chi connectivity index (χ3n) is 5.43. The number of anilines is 1. The van der Waals surface area contributed by atoms with Gasteiger partial charge >= 0.3 is 6.03 Å². The quantitative estimate of drug-likeness (QED) is 0.654. The molecule has 0 aliphatic carbocycles. The Morgan fingerprint density at radius 2 is 1.72 bits per heavy atom. The number of hydrogen-bond acceptors (Lipinski definition) is 3. The van der Waals surface area contributed by atoms with Gasteiger partial charge in [-0.05, 0) is 53.8 Å². The highest BCUT2D eigenvalue weighted by Gasteiger charge is 2.27. The summed E-state index contributed by atoms with van der Waals surface area (Å²) < 4.78 is 1.28. The van der Waals surface area contributed by atoms with E-state index in [1.807, 2.05) is 41.3 Å². The van der Waals surface area contributed by atoms with Crippen LogP contribution in [0.5, 0.6) is 0 Å². The molecule has 1 saturated heterocycles. The van der Waals surface area contributed by atoms with Crippen LogP contribution >= 0.6 is 11.3 Å². The second-order valence-corrected chi connectivity index (χ2v) is 8.27. The number of carbonyl (C=O) groups is 2. The summed E-state index contributed by atoms with van der Waals surface area (Å²) >= 11 is 1.74. The zero-order valence-electron chi connectivity index (χ0n) is 16.3. The minimum atomic E-state index is -0.0450. The fourth-order valence-corrected chi connectivity index (χ4v) is 4.75. The molecule has 0 unspecified atom stereocenters. The molecule has 1 aliphatic heterocycles. The Labute approximate surface area is 174 Å². The molecule has 0 atom stereocenters. The number of urea groups is 1. The third kappa shape index (κ3) is 4.77. The zero-order valence-corrected chi connectivity index (χ0v) is 17.1. The number of carbonyl (C=O) groups excluding carboxylic acids is 2. The van der Waals surface area contributed by atoms with Crippen LogP contribution in [0.3, 0.4) is 0 Å². The molecule has 5 nitrogen and oxygen atoms in total. The van der Waals surface area contributed by atoms with E-state index < -0.39 is 0 Å². The van der Waals surface area contributed by atoms with Gasteiger partial charge in [-0.25, -0.2) is 4.79 Å². The third-order valence-corrected chi connectivity index (χ3v) is 6.44. The second kappa shape index (κ2) is 9.09. The van der Waals surface area contributed by atoms with Crippen molar-refractivity contribution in [3.8, 4) is 0 Å². The lowest BCUT2D eigenvalue weighted by atomic mass is 9.96. The van der Waals surface area contributed by atoms with E-state index in [1.165, 1.54) is 15.6 Å². The molecule has 1 aliphatic rings. The lowest BCUT2D eigenvalue weighted by Gasteiger charge is -2.31. The first-order valence-electron chi connectivity index (χ1n) is 10.0. The van der Waals surface area contributed by atoms with Gasteiger partial charge in [0, 0.05) is 35.9 Å². The Bertz CT molecular complexity index is 978. The standard InChI is InChI=1S/C23H25N3O2S/c27-22(25-19-6-2-1-3-7-19)17-11-14-26(15-12-17)23(28)24-13-10-18-16-29-21-9-5-4-8-20(18)21/h1-9,16-17H,10-15H2,(H,24,28)(H,25,27). The second-order valence-electron chi connectivity index (χ2n) is 7.36. The smallest absolute Gasteiger partial charge is 0.317 e. The summed E-state index contributed by atoms with van der Waals surface area (Å²) in [4.78, 5) is 26.7. The maximum atomic E-state index is 12.5. The first kappa shape index (κ1) is 19.5. The molecule has 0 radical (unpaired) electrons. The molecule has 29 heavy (non-hydrogen) atoms. The molecule has 2 N–H and O–H groups in total. The number of rotatable bonds is 5. The van der Waals surface area contributed by atoms with E-state index in [0.717, 1.165) is 12.1 Å². The average Bonchev–Trinajstić information content (AvgIpc) is 3.18. The summed E-state index contributed by atoms with van der Waals surface area (Å²) in [6.07, 6.45) is 2.22. The van der Waals surface area contributed by atoms with E-state index in [9.17, 15) is 9.59 Å².